The van der Waals surface area contributed by atoms with Crippen LogP contribution in [-0.4, -0.2) is 28.7 Å². The molecule has 0 spiro atoms. The molecule has 2 heterocycles. The Labute approximate surface area is 218 Å². The van der Waals surface area contributed by atoms with Gasteiger partial charge in [-0.05, 0) is 60.5 Å². The zero-order chi connectivity index (χ0) is 26.0. The van der Waals surface area contributed by atoms with Crippen molar-refractivity contribution in [2.24, 2.45) is 4.99 Å². The number of fused-ring (bicyclic) bond motifs is 1. The number of hydrogen-bond donors (Lipinski definition) is 0. The average molecular weight is 572 g/mol. The lowest BCUT2D eigenvalue weighted by Gasteiger charge is -2.26. The lowest BCUT2D eigenvalue weighted by molar-refractivity contribution is -0.385. The van der Waals surface area contributed by atoms with Crippen molar-refractivity contribution in [3.05, 3.63) is 99.1 Å². The maximum Gasteiger partial charge on any atom is 0.338 e. The largest absolute Gasteiger partial charge is 0.494 e. The molecular weight excluding hydrogens is 550 g/mol. The summed E-state index contributed by atoms with van der Waals surface area (Å²) in [6.45, 7) is 5.84. The monoisotopic (exact) mass is 571 g/mol. The van der Waals surface area contributed by atoms with Crippen LogP contribution in [-0.2, 0) is 9.53 Å². The maximum absolute atomic E-state index is 13.7. The summed E-state index contributed by atoms with van der Waals surface area (Å²) in [4.78, 5) is 42.6. The molecule has 0 radical (unpaired) electrons. The highest BCUT2D eigenvalue weighted by Crippen LogP contribution is 2.35. The fourth-order valence-electron chi connectivity index (χ4n) is 3.99. The van der Waals surface area contributed by atoms with E-state index in [4.69, 9.17) is 9.47 Å². The highest BCUT2D eigenvalue weighted by atomic mass is 79.9. The van der Waals surface area contributed by atoms with Crippen molar-refractivity contribution in [1.82, 2.24) is 4.57 Å². The van der Waals surface area contributed by atoms with Crippen molar-refractivity contribution in [3.63, 3.8) is 0 Å². The molecule has 9 nitrogen and oxygen atoms in total. The summed E-state index contributed by atoms with van der Waals surface area (Å²) in [5, 5.41) is 11.3. The molecule has 1 aliphatic rings. The zero-order valence-corrected chi connectivity index (χ0v) is 22.1. The van der Waals surface area contributed by atoms with Crippen LogP contribution in [0, 0.1) is 10.1 Å². The third-order valence-corrected chi connectivity index (χ3v) is 7.15. The molecule has 186 valence electrons. The van der Waals surface area contributed by atoms with Gasteiger partial charge in [0.15, 0.2) is 4.80 Å². The first-order chi connectivity index (χ1) is 17.3. The van der Waals surface area contributed by atoms with Gasteiger partial charge >= 0.3 is 5.97 Å². The number of allylic oxidation sites excluding steroid dienone is 1. The topological polar surface area (TPSA) is 113 Å². The van der Waals surface area contributed by atoms with E-state index in [2.05, 4.69) is 20.9 Å². The molecule has 11 heteroatoms. The Kier molecular flexibility index (Phi) is 7.51. The molecule has 4 rings (SSSR count). The Morgan fingerprint density at radius 3 is 2.69 bits per heavy atom. The summed E-state index contributed by atoms with van der Waals surface area (Å²) in [5.41, 5.74) is 1.32. The SMILES string of the molecule is CCOC(=O)C1=C(C)N=c2s/c(=C\c3ccc(Br)c([N+](=O)[O-])c3)c(=O)n2[C@@H]1c1ccccc1OCC. The smallest absolute Gasteiger partial charge is 0.338 e. The van der Waals surface area contributed by atoms with Gasteiger partial charge in [0.05, 0.1) is 38.4 Å². The number of halogens is 1. The van der Waals surface area contributed by atoms with Crippen LogP contribution in [0.4, 0.5) is 5.69 Å². The van der Waals surface area contributed by atoms with Crippen LogP contribution >= 0.6 is 27.3 Å². The Hall–Kier alpha value is -3.57. The summed E-state index contributed by atoms with van der Waals surface area (Å²) >= 11 is 4.32. The Bertz CT molecular complexity index is 1570. The first kappa shape index (κ1) is 25.5. The fourth-order valence-corrected chi connectivity index (χ4v) is 5.43. The predicted octanol–water partition coefficient (Wildman–Crippen LogP) is 3.87. The van der Waals surface area contributed by atoms with E-state index in [0.29, 0.717) is 43.0 Å². The highest BCUT2D eigenvalue weighted by Gasteiger charge is 2.35. The maximum atomic E-state index is 13.7. The molecule has 0 saturated heterocycles. The van der Waals surface area contributed by atoms with E-state index in [1.165, 1.54) is 10.6 Å². The third kappa shape index (κ3) is 4.76. The van der Waals surface area contributed by atoms with Gasteiger partial charge in [0.2, 0.25) is 0 Å². The number of carbonyl (C=O) groups excluding carboxylic acids is 1. The van der Waals surface area contributed by atoms with Gasteiger partial charge in [-0.25, -0.2) is 9.79 Å². The fraction of sp³-hybridized carbons (Fsp3) is 0.240. The third-order valence-electron chi connectivity index (χ3n) is 5.50. The molecule has 36 heavy (non-hydrogen) atoms. The van der Waals surface area contributed by atoms with Crippen LogP contribution in [0.1, 0.15) is 37.9 Å². The highest BCUT2D eigenvalue weighted by molar-refractivity contribution is 9.10. The van der Waals surface area contributed by atoms with Crippen molar-refractivity contribution in [1.29, 1.82) is 0 Å². The molecular formula is C25H22BrN3O6S. The van der Waals surface area contributed by atoms with E-state index >= 15 is 0 Å². The Morgan fingerprint density at radius 2 is 2.00 bits per heavy atom. The number of rotatable bonds is 7. The van der Waals surface area contributed by atoms with Crippen LogP contribution in [0.5, 0.6) is 5.75 Å². The van der Waals surface area contributed by atoms with E-state index in [0.717, 1.165) is 11.3 Å². The predicted molar refractivity (Wildman–Crippen MR) is 139 cm³/mol. The Balaban J connectivity index is 1.97. The molecule has 0 unspecified atom stereocenters. The first-order valence-corrected chi connectivity index (χ1v) is 12.7. The number of aromatic nitrogens is 1. The number of nitro groups is 1. The normalized spacial score (nSPS) is 15.3. The van der Waals surface area contributed by atoms with Gasteiger partial charge in [-0.1, -0.05) is 35.6 Å². The van der Waals surface area contributed by atoms with E-state index in [9.17, 15) is 19.7 Å². The van der Waals surface area contributed by atoms with Crippen LogP contribution in [0.15, 0.2) is 68.0 Å². The number of ether oxygens (including phenoxy) is 2. The number of esters is 1. The van der Waals surface area contributed by atoms with E-state index in [1.54, 1.807) is 38.1 Å². The van der Waals surface area contributed by atoms with Gasteiger partial charge in [-0.2, -0.15) is 0 Å². The van der Waals surface area contributed by atoms with Gasteiger partial charge in [0.25, 0.3) is 11.2 Å². The van der Waals surface area contributed by atoms with Crippen molar-refractivity contribution in [2.75, 3.05) is 13.2 Å². The van der Waals surface area contributed by atoms with Crippen molar-refractivity contribution in [3.8, 4) is 5.75 Å². The summed E-state index contributed by atoms with van der Waals surface area (Å²) in [7, 11) is 0. The number of para-hydroxylation sites is 1. The summed E-state index contributed by atoms with van der Waals surface area (Å²) in [6, 6.07) is 11.0. The minimum absolute atomic E-state index is 0.111. The van der Waals surface area contributed by atoms with E-state index < -0.39 is 16.9 Å². The number of nitrogens with zero attached hydrogens (tertiary/aromatic N) is 3. The summed E-state index contributed by atoms with van der Waals surface area (Å²) in [6.07, 6.45) is 1.58. The molecule has 3 aromatic rings. The van der Waals surface area contributed by atoms with Gasteiger partial charge in [-0.3, -0.25) is 19.5 Å². The number of hydrogen-bond acceptors (Lipinski definition) is 8. The van der Waals surface area contributed by atoms with Gasteiger partial charge in [0.1, 0.15) is 11.8 Å². The molecule has 1 atom stereocenters. The molecule has 0 fully saturated rings. The standard InChI is InChI=1S/C25H22BrN3O6S/c1-4-34-19-9-7-6-8-16(19)22-21(24(31)35-5-2)14(3)27-25-28(22)23(30)20(36-25)13-15-10-11-17(26)18(12-15)29(32)33/h6-13,22H,4-5H2,1-3H3/b20-13-/t22-/m1/s1. The lowest BCUT2D eigenvalue weighted by atomic mass is 9.95. The second-order valence-corrected chi connectivity index (χ2v) is 9.60. The van der Waals surface area contributed by atoms with Crippen LogP contribution in [0.25, 0.3) is 6.08 Å². The average Bonchev–Trinajstić information content (AvgIpc) is 3.14. The number of nitro benzene ring substituents is 1. The second kappa shape index (κ2) is 10.6. The molecule has 0 N–H and O–H groups in total. The van der Waals surface area contributed by atoms with E-state index in [1.807, 2.05) is 25.1 Å². The minimum atomic E-state index is -0.815. The van der Waals surface area contributed by atoms with Gasteiger partial charge in [-0.15, -0.1) is 0 Å². The molecule has 1 aromatic heterocycles. The van der Waals surface area contributed by atoms with Crippen molar-refractivity contribution in [2.45, 2.75) is 26.8 Å². The van der Waals surface area contributed by atoms with Crippen LogP contribution in [0.2, 0.25) is 0 Å². The molecule has 2 aromatic carbocycles. The van der Waals surface area contributed by atoms with Crippen LogP contribution < -0.4 is 19.6 Å². The number of carbonyl (C=O) groups is 1. The molecule has 0 bridgehead atoms. The zero-order valence-electron chi connectivity index (χ0n) is 19.7. The van der Waals surface area contributed by atoms with Crippen molar-refractivity contribution >= 4 is 45.0 Å². The number of benzene rings is 2. The molecule has 1 aliphatic heterocycles. The molecule has 0 aliphatic carbocycles. The van der Waals surface area contributed by atoms with Gasteiger partial charge in [0, 0.05) is 11.6 Å². The van der Waals surface area contributed by atoms with E-state index in [-0.39, 0.29) is 23.4 Å². The van der Waals surface area contributed by atoms with Gasteiger partial charge < -0.3 is 9.47 Å². The summed E-state index contributed by atoms with van der Waals surface area (Å²) < 4.78 is 13.3. The second-order valence-electron chi connectivity index (χ2n) is 7.74. The Morgan fingerprint density at radius 1 is 1.25 bits per heavy atom. The first-order valence-electron chi connectivity index (χ1n) is 11.1. The minimum Gasteiger partial charge on any atom is -0.494 e. The summed E-state index contributed by atoms with van der Waals surface area (Å²) in [5.74, 6) is -0.0209. The number of thiazole rings is 1. The lowest BCUT2D eigenvalue weighted by Crippen LogP contribution is -2.40. The molecule has 0 saturated carbocycles. The van der Waals surface area contributed by atoms with Crippen molar-refractivity contribution < 1.29 is 19.2 Å². The van der Waals surface area contributed by atoms with Crippen LogP contribution in [0.3, 0.4) is 0 Å². The molecule has 0 amide bonds. The quantitative estimate of drug-likeness (QED) is 0.241.